The first-order valence-electron chi connectivity index (χ1n) is 13.2. The molecule has 2 N–H and O–H groups in total. The minimum atomic E-state index is -1.04. The number of benzene rings is 2. The van der Waals surface area contributed by atoms with Gasteiger partial charge in [0.2, 0.25) is 5.91 Å². The largest absolute Gasteiger partial charge is 0.448 e. The van der Waals surface area contributed by atoms with Crippen molar-refractivity contribution >= 4 is 11.8 Å². The van der Waals surface area contributed by atoms with Crippen LogP contribution in [0.2, 0.25) is 0 Å². The highest BCUT2D eigenvalue weighted by molar-refractivity contribution is 5.98. The van der Waals surface area contributed by atoms with Crippen LogP contribution in [-0.4, -0.2) is 39.0 Å². The Labute approximate surface area is 236 Å². The number of hydrogen-bond donors (Lipinski definition) is 2. The van der Waals surface area contributed by atoms with E-state index in [0.29, 0.717) is 24.1 Å². The smallest absolute Gasteiger partial charge is 0.307 e. The minimum Gasteiger partial charge on any atom is -0.448 e. The Hall–Kier alpha value is -4.59. The van der Waals surface area contributed by atoms with Crippen molar-refractivity contribution in [2.45, 2.75) is 65.6 Å². The Kier molecular flexibility index (Phi) is 8.24. The quantitative estimate of drug-likeness (QED) is 0.423. The van der Waals surface area contributed by atoms with Gasteiger partial charge in [0.25, 0.3) is 5.91 Å². The van der Waals surface area contributed by atoms with E-state index < -0.39 is 52.5 Å². The van der Waals surface area contributed by atoms with Crippen LogP contribution in [0.25, 0.3) is 0 Å². The van der Waals surface area contributed by atoms with Gasteiger partial charge in [-0.15, -0.1) is 0 Å². The number of aryl methyl sites for hydroxylation is 2. The summed E-state index contributed by atoms with van der Waals surface area (Å²) in [5, 5.41) is 18.4. The molecule has 2 amide bonds. The maximum atomic E-state index is 15.1. The summed E-state index contributed by atoms with van der Waals surface area (Å²) in [5.74, 6) is -2.82. The average molecular weight is 564 g/mol. The predicted molar refractivity (Wildman–Crippen MR) is 146 cm³/mol. The highest BCUT2D eigenvalue weighted by atomic mass is 19.1. The van der Waals surface area contributed by atoms with E-state index in [0.717, 1.165) is 6.07 Å². The number of nitrogens with one attached hydrogen (secondary N) is 2. The molecule has 0 spiro atoms. The molecule has 4 rings (SSSR count). The molecule has 0 aliphatic carbocycles. The summed E-state index contributed by atoms with van der Waals surface area (Å²) >= 11 is 0. The summed E-state index contributed by atoms with van der Waals surface area (Å²) in [5.41, 5.74) is -0.268. The maximum Gasteiger partial charge on any atom is 0.307 e. The molecule has 0 saturated carbocycles. The number of H-pyrrole nitrogens is 1. The molecule has 9 nitrogen and oxygen atoms in total. The van der Waals surface area contributed by atoms with E-state index in [2.05, 4.69) is 21.6 Å². The molecule has 1 aliphatic rings. The van der Waals surface area contributed by atoms with Gasteiger partial charge in [0, 0.05) is 11.6 Å². The number of halogens is 2. The van der Waals surface area contributed by atoms with E-state index in [1.165, 1.54) is 38.1 Å². The Morgan fingerprint density at radius 1 is 1.20 bits per heavy atom. The van der Waals surface area contributed by atoms with E-state index >= 15 is 4.39 Å². The lowest BCUT2D eigenvalue weighted by Gasteiger charge is -2.38. The molecule has 3 atom stereocenters. The number of likely N-dealkylation sites (tertiary alicyclic amines) is 1. The average Bonchev–Trinajstić information content (AvgIpc) is 3.38. The van der Waals surface area contributed by atoms with Gasteiger partial charge in [-0.05, 0) is 82.9 Å². The fourth-order valence-corrected chi connectivity index (χ4v) is 5.17. The number of aromatic amines is 1. The number of carbonyl (C=O) groups is 2. The summed E-state index contributed by atoms with van der Waals surface area (Å²) < 4.78 is 34.6. The lowest BCUT2D eigenvalue weighted by molar-refractivity contribution is -0.137. The highest BCUT2D eigenvalue weighted by Crippen LogP contribution is 2.43. The summed E-state index contributed by atoms with van der Waals surface area (Å²) in [6.45, 7) is 8.15. The zero-order chi connectivity index (χ0) is 30.1. The molecule has 1 saturated heterocycles. The van der Waals surface area contributed by atoms with Gasteiger partial charge in [0.1, 0.15) is 11.9 Å². The number of amides is 2. The zero-order valence-corrected chi connectivity index (χ0v) is 23.4. The van der Waals surface area contributed by atoms with Crippen LogP contribution < -0.4 is 15.6 Å². The van der Waals surface area contributed by atoms with Crippen LogP contribution in [0.5, 0.6) is 11.5 Å². The van der Waals surface area contributed by atoms with Gasteiger partial charge in [0.05, 0.1) is 29.3 Å². The van der Waals surface area contributed by atoms with Crippen LogP contribution in [0.4, 0.5) is 8.78 Å². The molecule has 214 valence electrons. The maximum absolute atomic E-state index is 15.1. The van der Waals surface area contributed by atoms with Crippen molar-refractivity contribution in [3.63, 3.8) is 0 Å². The molecule has 2 aromatic carbocycles. The molecule has 3 aromatic rings. The molecule has 2 heterocycles. The van der Waals surface area contributed by atoms with Gasteiger partial charge in [-0.25, -0.2) is 13.9 Å². The number of hydrogen-bond acceptors (Lipinski definition) is 6. The zero-order valence-electron chi connectivity index (χ0n) is 23.4. The molecular formula is C30H31F2N5O4. The molecule has 11 heteroatoms. The SMILES string of the molecule is Cc1cc(Oc2c(C)cc(C(=O)NC(C)C(=O)N3[C@H](c4cccc(F)c4)CC[C@@H]3C(C)(C)C#N)cc2F)c(=O)[nH]n1. The van der Waals surface area contributed by atoms with Crippen LogP contribution in [0, 0.1) is 42.2 Å². The second-order valence-corrected chi connectivity index (χ2v) is 10.8. The van der Waals surface area contributed by atoms with Crippen molar-refractivity contribution in [2.24, 2.45) is 5.41 Å². The van der Waals surface area contributed by atoms with Gasteiger partial charge < -0.3 is 15.0 Å². The number of nitrogens with zero attached hydrogens (tertiary/aromatic N) is 3. The van der Waals surface area contributed by atoms with Crippen LogP contribution in [-0.2, 0) is 4.79 Å². The predicted octanol–water partition coefficient (Wildman–Crippen LogP) is 4.86. The van der Waals surface area contributed by atoms with Gasteiger partial charge in [-0.1, -0.05) is 12.1 Å². The topological polar surface area (TPSA) is 128 Å². The highest BCUT2D eigenvalue weighted by Gasteiger charge is 2.46. The van der Waals surface area contributed by atoms with E-state index in [4.69, 9.17) is 4.74 Å². The second-order valence-electron chi connectivity index (χ2n) is 10.8. The molecule has 0 bridgehead atoms. The normalized spacial score (nSPS) is 17.6. The van der Waals surface area contributed by atoms with Crippen molar-refractivity contribution in [1.29, 1.82) is 5.26 Å². The van der Waals surface area contributed by atoms with Crippen molar-refractivity contribution < 1.29 is 23.1 Å². The lowest BCUT2D eigenvalue weighted by atomic mass is 9.84. The van der Waals surface area contributed by atoms with Crippen molar-refractivity contribution in [3.05, 3.63) is 86.8 Å². The Balaban J connectivity index is 1.56. The standard InChI is InChI=1S/C30H31F2N5O4/c1-16-11-20(14-22(32)26(16)41-24-12-17(2)35-36-28(24)39)27(38)34-18(3)29(40)37-23(19-7-6-8-21(31)13-19)9-10-25(37)30(4,5)15-33/h6-8,11-14,18,23,25H,9-10H2,1-5H3,(H,34,38)(H,36,39)/t18?,23-,25+/m0/s1. The molecule has 1 fully saturated rings. The molecule has 1 unspecified atom stereocenters. The fraction of sp³-hybridized carbons (Fsp3) is 0.367. The molecule has 41 heavy (non-hydrogen) atoms. The van der Waals surface area contributed by atoms with Crippen LogP contribution in [0.15, 0.2) is 47.3 Å². The van der Waals surface area contributed by atoms with Crippen molar-refractivity contribution in [3.8, 4) is 17.6 Å². The minimum absolute atomic E-state index is 0.0520. The number of ether oxygens (including phenoxy) is 1. The summed E-state index contributed by atoms with van der Waals surface area (Å²) in [6.07, 6.45) is 1.05. The number of rotatable bonds is 7. The van der Waals surface area contributed by atoms with Gasteiger partial charge in [0.15, 0.2) is 17.3 Å². The first-order valence-corrected chi connectivity index (χ1v) is 13.2. The molecule has 0 radical (unpaired) electrons. The number of aromatic nitrogens is 2. The summed E-state index contributed by atoms with van der Waals surface area (Å²) in [4.78, 5) is 40.5. The molecule has 1 aromatic heterocycles. The van der Waals surface area contributed by atoms with Crippen molar-refractivity contribution in [2.75, 3.05) is 0 Å². The first-order chi connectivity index (χ1) is 19.3. The lowest BCUT2D eigenvalue weighted by Crippen LogP contribution is -2.52. The third-order valence-electron chi connectivity index (χ3n) is 7.31. The van der Waals surface area contributed by atoms with Crippen LogP contribution >= 0.6 is 0 Å². The van der Waals surface area contributed by atoms with E-state index in [-0.39, 0.29) is 22.6 Å². The fourth-order valence-electron chi connectivity index (χ4n) is 5.17. The van der Waals surface area contributed by atoms with Gasteiger partial charge in [-0.3, -0.25) is 14.4 Å². The summed E-state index contributed by atoms with van der Waals surface area (Å²) in [7, 11) is 0. The van der Waals surface area contributed by atoms with Crippen LogP contribution in [0.3, 0.4) is 0 Å². The number of nitriles is 1. The molecule has 1 aliphatic heterocycles. The van der Waals surface area contributed by atoms with Crippen LogP contribution in [0.1, 0.15) is 66.8 Å². The molecular weight excluding hydrogens is 532 g/mol. The summed E-state index contributed by atoms with van der Waals surface area (Å²) in [6, 6.07) is 9.98. The van der Waals surface area contributed by atoms with Gasteiger partial charge in [-0.2, -0.15) is 10.4 Å². The van der Waals surface area contributed by atoms with E-state index in [9.17, 15) is 24.0 Å². The third kappa shape index (κ3) is 6.11. The first kappa shape index (κ1) is 29.4. The Bertz CT molecular complexity index is 1570. The monoisotopic (exact) mass is 563 g/mol. The third-order valence-corrected chi connectivity index (χ3v) is 7.31. The Morgan fingerprint density at radius 2 is 1.93 bits per heavy atom. The van der Waals surface area contributed by atoms with Crippen molar-refractivity contribution in [1.82, 2.24) is 20.4 Å². The second kappa shape index (κ2) is 11.5. The Morgan fingerprint density at radius 3 is 2.59 bits per heavy atom. The van der Waals surface area contributed by atoms with E-state index in [1.807, 2.05) is 0 Å². The van der Waals surface area contributed by atoms with E-state index in [1.54, 1.807) is 37.8 Å². The number of carbonyl (C=O) groups excluding carboxylic acids is 2. The van der Waals surface area contributed by atoms with Gasteiger partial charge >= 0.3 is 5.56 Å².